The van der Waals surface area contributed by atoms with Gasteiger partial charge in [0.05, 0.1) is 0 Å². The molecular weight excluding hydrogens is 349 g/mol. The molecule has 1 unspecified atom stereocenters. The predicted molar refractivity (Wildman–Crippen MR) is 94.5 cm³/mol. The summed E-state index contributed by atoms with van der Waals surface area (Å²) >= 11 is 5.48. The molecule has 0 heterocycles. The van der Waals surface area contributed by atoms with Crippen molar-refractivity contribution in [1.82, 2.24) is 5.32 Å². The quantitative estimate of drug-likeness (QED) is 0.658. The molecule has 1 N–H and O–H groups in total. The second-order valence-electron chi connectivity index (χ2n) is 5.77. The Morgan fingerprint density at radius 2 is 2.10 bits per heavy atom. The highest BCUT2D eigenvalue weighted by Crippen LogP contribution is 2.32. The first-order chi connectivity index (χ1) is 10.2. The Bertz CT molecular complexity index is 435. The summed E-state index contributed by atoms with van der Waals surface area (Å²) < 4.78 is 15.1. The van der Waals surface area contributed by atoms with Gasteiger partial charge in [-0.25, -0.2) is 4.39 Å². The SMILES string of the molecule is CCCNC(CSC1CCCCC1)c1cc(Br)ccc1F. The second-order valence-corrected chi connectivity index (χ2v) is 8.01. The molecule has 0 saturated heterocycles. The summed E-state index contributed by atoms with van der Waals surface area (Å²) in [7, 11) is 0. The minimum atomic E-state index is -0.101. The van der Waals surface area contributed by atoms with Gasteiger partial charge in [0.2, 0.25) is 0 Å². The van der Waals surface area contributed by atoms with Gasteiger partial charge in [-0.2, -0.15) is 11.8 Å². The van der Waals surface area contributed by atoms with E-state index in [1.165, 1.54) is 32.1 Å². The molecule has 0 spiro atoms. The zero-order valence-corrected chi connectivity index (χ0v) is 15.1. The highest BCUT2D eigenvalue weighted by atomic mass is 79.9. The van der Waals surface area contributed by atoms with E-state index in [-0.39, 0.29) is 11.9 Å². The highest BCUT2D eigenvalue weighted by Gasteiger charge is 2.19. The third-order valence-electron chi connectivity index (χ3n) is 4.02. The number of nitrogens with one attached hydrogen (secondary N) is 1. The fraction of sp³-hybridized carbons (Fsp3) is 0.647. The second kappa shape index (κ2) is 9.16. The molecule has 4 heteroatoms. The van der Waals surface area contributed by atoms with Crippen LogP contribution in [0.5, 0.6) is 0 Å². The number of thioether (sulfide) groups is 1. The molecule has 1 atom stereocenters. The number of rotatable bonds is 7. The Balaban J connectivity index is 2.00. The Labute approximate surface area is 140 Å². The lowest BCUT2D eigenvalue weighted by atomic mass is 10.0. The van der Waals surface area contributed by atoms with Crippen molar-refractivity contribution in [1.29, 1.82) is 0 Å². The topological polar surface area (TPSA) is 12.0 Å². The van der Waals surface area contributed by atoms with Crippen molar-refractivity contribution >= 4 is 27.7 Å². The third-order valence-corrected chi connectivity index (χ3v) is 5.99. The van der Waals surface area contributed by atoms with Gasteiger partial charge in [0.1, 0.15) is 5.82 Å². The van der Waals surface area contributed by atoms with E-state index in [0.717, 1.165) is 34.0 Å². The van der Waals surface area contributed by atoms with E-state index >= 15 is 0 Å². The monoisotopic (exact) mass is 373 g/mol. The average Bonchev–Trinajstić information content (AvgIpc) is 2.51. The van der Waals surface area contributed by atoms with Crippen LogP contribution >= 0.6 is 27.7 Å². The van der Waals surface area contributed by atoms with Crippen LogP contribution in [0.15, 0.2) is 22.7 Å². The first kappa shape index (κ1) is 17.3. The molecule has 1 aliphatic rings. The third kappa shape index (κ3) is 5.57. The van der Waals surface area contributed by atoms with Crippen LogP contribution in [-0.4, -0.2) is 17.5 Å². The van der Waals surface area contributed by atoms with Crippen molar-refractivity contribution in [2.24, 2.45) is 0 Å². The van der Waals surface area contributed by atoms with E-state index in [4.69, 9.17) is 0 Å². The van der Waals surface area contributed by atoms with Gasteiger partial charge in [-0.05, 0) is 44.0 Å². The van der Waals surface area contributed by atoms with Crippen molar-refractivity contribution in [3.63, 3.8) is 0 Å². The summed E-state index contributed by atoms with van der Waals surface area (Å²) in [6, 6.07) is 5.36. The summed E-state index contributed by atoms with van der Waals surface area (Å²) in [6.45, 7) is 3.08. The molecule has 0 aromatic heterocycles. The highest BCUT2D eigenvalue weighted by molar-refractivity contribution is 9.10. The van der Waals surface area contributed by atoms with Crippen LogP contribution in [0.1, 0.15) is 57.1 Å². The van der Waals surface area contributed by atoms with Gasteiger partial charge in [0, 0.05) is 27.1 Å². The maximum Gasteiger partial charge on any atom is 0.128 e. The molecule has 0 radical (unpaired) electrons. The lowest BCUT2D eigenvalue weighted by Crippen LogP contribution is -2.26. The first-order valence-corrected chi connectivity index (χ1v) is 9.84. The van der Waals surface area contributed by atoms with E-state index in [9.17, 15) is 4.39 Å². The van der Waals surface area contributed by atoms with Crippen molar-refractivity contribution in [2.75, 3.05) is 12.3 Å². The zero-order valence-electron chi connectivity index (χ0n) is 12.7. The molecule has 0 amide bonds. The van der Waals surface area contributed by atoms with Crippen LogP contribution in [0, 0.1) is 5.82 Å². The van der Waals surface area contributed by atoms with Crippen LogP contribution in [0.25, 0.3) is 0 Å². The van der Waals surface area contributed by atoms with Crippen LogP contribution in [0.3, 0.4) is 0 Å². The van der Waals surface area contributed by atoms with Gasteiger partial charge in [0.15, 0.2) is 0 Å². The fourth-order valence-corrected chi connectivity index (χ4v) is 4.63. The molecule has 2 rings (SSSR count). The summed E-state index contributed by atoms with van der Waals surface area (Å²) in [6.07, 6.45) is 7.82. The van der Waals surface area contributed by atoms with Crippen molar-refractivity contribution in [3.8, 4) is 0 Å². The van der Waals surface area contributed by atoms with Gasteiger partial charge in [-0.3, -0.25) is 0 Å². The molecule has 1 saturated carbocycles. The first-order valence-electron chi connectivity index (χ1n) is 8.00. The lowest BCUT2D eigenvalue weighted by molar-refractivity contribution is 0.510. The van der Waals surface area contributed by atoms with Crippen molar-refractivity contribution < 1.29 is 4.39 Å². The fourth-order valence-electron chi connectivity index (χ4n) is 2.82. The number of benzene rings is 1. The van der Waals surface area contributed by atoms with Gasteiger partial charge in [0.25, 0.3) is 0 Å². The van der Waals surface area contributed by atoms with Gasteiger partial charge in [-0.15, -0.1) is 0 Å². The Kier molecular flexibility index (Phi) is 7.55. The van der Waals surface area contributed by atoms with E-state index in [0.29, 0.717) is 0 Å². The van der Waals surface area contributed by atoms with E-state index in [1.807, 2.05) is 17.8 Å². The normalized spacial score (nSPS) is 17.9. The zero-order chi connectivity index (χ0) is 15.1. The van der Waals surface area contributed by atoms with Gasteiger partial charge < -0.3 is 5.32 Å². The summed E-state index contributed by atoms with van der Waals surface area (Å²) in [4.78, 5) is 0. The summed E-state index contributed by atoms with van der Waals surface area (Å²) in [5, 5.41) is 4.28. The molecule has 0 bridgehead atoms. The molecule has 1 aliphatic carbocycles. The molecule has 118 valence electrons. The molecule has 21 heavy (non-hydrogen) atoms. The van der Waals surface area contributed by atoms with Crippen molar-refractivity contribution in [2.45, 2.75) is 56.7 Å². The average molecular weight is 374 g/mol. The molecule has 1 nitrogen and oxygen atoms in total. The molecule has 1 aromatic rings. The van der Waals surface area contributed by atoms with Gasteiger partial charge in [-0.1, -0.05) is 42.1 Å². The van der Waals surface area contributed by atoms with E-state index < -0.39 is 0 Å². The standard InChI is InChI=1S/C17H25BrFNS/c1-2-10-20-17(12-21-14-6-4-3-5-7-14)15-11-13(18)8-9-16(15)19/h8-9,11,14,17,20H,2-7,10,12H2,1H3. The Morgan fingerprint density at radius 1 is 1.33 bits per heavy atom. The minimum absolute atomic E-state index is 0.101. The van der Waals surface area contributed by atoms with Crippen LogP contribution in [-0.2, 0) is 0 Å². The number of hydrogen-bond donors (Lipinski definition) is 1. The molecular formula is C17H25BrFNS. The van der Waals surface area contributed by atoms with Gasteiger partial charge >= 0.3 is 0 Å². The number of halogens is 2. The molecule has 1 aromatic carbocycles. The van der Waals surface area contributed by atoms with E-state index in [2.05, 4.69) is 28.2 Å². The van der Waals surface area contributed by atoms with E-state index in [1.54, 1.807) is 12.1 Å². The minimum Gasteiger partial charge on any atom is -0.309 e. The van der Waals surface area contributed by atoms with Crippen LogP contribution < -0.4 is 5.32 Å². The molecule has 0 aliphatic heterocycles. The van der Waals surface area contributed by atoms with Crippen molar-refractivity contribution in [3.05, 3.63) is 34.1 Å². The maximum absolute atomic E-state index is 14.1. The molecule has 1 fully saturated rings. The Hall–Kier alpha value is -0.0600. The Morgan fingerprint density at radius 3 is 2.81 bits per heavy atom. The number of hydrogen-bond acceptors (Lipinski definition) is 2. The maximum atomic E-state index is 14.1. The summed E-state index contributed by atoms with van der Waals surface area (Å²) in [5.41, 5.74) is 0.793. The smallest absolute Gasteiger partial charge is 0.128 e. The lowest BCUT2D eigenvalue weighted by Gasteiger charge is -2.25. The largest absolute Gasteiger partial charge is 0.309 e. The summed E-state index contributed by atoms with van der Waals surface area (Å²) in [5.74, 6) is 0.856. The van der Waals surface area contributed by atoms with Crippen LogP contribution in [0.4, 0.5) is 4.39 Å². The predicted octanol–water partition coefficient (Wildman–Crippen LogP) is 5.69. The van der Waals surface area contributed by atoms with Crippen LogP contribution in [0.2, 0.25) is 0 Å².